The lowest BCUT2D eigenvalue weighted by Gasteiger charge is -2.28. The first-order valence-corrected chi connectivity index (χ1v) is 7.95. The molecule has 0 amide bonds. The maximum atomic E-state index is 12.5. The second-order valence-electron chi connectivity index (χ2n) is 6.35. The van der Waals surface area contributed by atoms with Crippen LogP contribution in [0.15, 0.2) is 24.3 Å². The van der Waals surface area contributed by atoms with Gasteiger partial charge in [-0.3, -0.25) is 4.79 Å². The number of alkyl halides is 2. The molecule has 1 aromatic carbocycles. The molecule has 4 rings (SSSR count). The number of carbonyl (C=O) groups is 1. The second kappa shape index (κ2) is 6.43. The van der Waals surface area contributed by atoms with Crippen LogP contribution in [0.2, 0.25) is 0 Å². The Balaban J connectivity index is 0.000000136. The van der Waals surface area contributed by atoms with E-state index in [0.29, 0.717) is 17.6 Å². The standard InChI is InChI=1S/C9H15NO.C8H6F2O2/c1-10-5-4-7-2-3-8(11)6-9(7)10;9-8(10)5-11-6-3-1-2-4-7(6)12-8/h7,9H,2-6H2,1H3;1-4H,5H2. The third-order valence-electron chi connectivity index (χ3n) is 4.70. The highest BCUT2D eigenvalue weighted by molar-refractivity contribution is 5.80. The van der Waals surface area contributed by atoms with E-state index in [1.165, 1.54) is 19.0 Å². The lowest BCUT2D eigenvalue weighted by Crippen LogP contribution is -2.35. The Morgan fingerprint density at radius 2 is 1.96 bits per heavy atom. The molecule has 2 atom stereocenters. The topological polar surface area (TPSA) is 38.8 Å². The van der Waals surface area contributed by atoms with E-state index in [4.69, 9.17) is 4.74 Å². The van der Waals surface area contributed by atoms with E-state index in [1.807, 2.05) is 0 Å². The van der Waals surface area contributed by atoms with Crippen LogP contribution >= 0.6 is 0 Å². The largest absolute Gasteiger partial charge is 0.479 e. The molecule has 1 aliphatic carbocycles. The van der Waals surface area contributed by atoms with E-state index in [0.717, 1.165) is 25.2 Å². The zero-order valence-electron chi connectivity index (χ0n) is 13.1. The summed E-state index contributed by atoms with van der Waals surface area (Å²) in [5, 5.41) is 0. The number of carbonyl (C=O) groups excluding carboxylic acids is 1. The minimum atomic E-state index is -3.20. The highest BCUT2D eigenvalue weighted by Crippen LogP contribution is 2.36. The van der Waals surface area contributed by atoms with Gasteiger partial charge in [0, 0.05) is 18.9 Å². The Kier molecular flexibility index (Phi) is 4.53. The van der Waals surface area contributed by atoms with Crippen molar-refractivity contribution in [3.8, 4) is 11.5 Å². The van der Waals surface area contributed by atoms with Crippen molar-refractivity contribution in [2.24, 2.45) is 5.92 Å². The van der Waals surface area contributed by atoms with Gasteiger partial charge in [-0.05, 0) is 44.5 Å². The zero-order chi connectivity index (χ0) is 16.4. The Bertz CT molecular complexity index is 579. The number of ketones is 1. The monoisotopic (exact) mass is 325 g/mol. The quantitative estimate of drug-likeness (QED) is 0.735. The summed E-state index contributed by atoms with van der Waals surface area (Å²) in [5.41, 5.74) is 0. The first-order chi connectivity index (χ1) is 10.9. The maximum Gasteiger partial charge on any atom is 0.433 e. The van der Waals surface area contributed by atoms with Crippen LogP contribution in [0, 0.1) is 5.92 Å². The summed E-state index contributed by atoms with van der Waals surface area (Å²) < 4.78 is 34.2. The van der Waals surface area contributed by atoms with Gasteiger partial charge in [-0.2, -0.15) is 8.78 Å². The molecule has 3 aliphatic rings. The highest BCUT2D eigenvalue weighted by atomic mass is 19.3. The molecule has 0 spiro atoms. The number of likely N-dealkylation sites (tertiary alicyclic amines) is 1. The van der Waals surface area contributed by atoms with Crippen LogP contribution in [0.5, 0.6) is 11.5 Å². The van der Waals surface area contributed by atoms with Crippen molar-refractivity contribution in [3.63, 3.8) is 0 Å². The predicted octanol–water partition coefficient (Wildman–Crippen LogP) is 3.11. The van der Waals surface area contributed by atoms with Crippen molar-refractivity contribution in [3.05, 3.63) is 24.3 Å². The fraction of sp³-hybridized carbons (Fsp3) is 0.588. The first kappa shape index (κ1) is 16.2. The number of ether oxygens (including phenoxy) is 2. The average molecular weight is 325 g/mol. The van der Waals surface area contributed by atoms with E-state index in [9.17, 15) is 13.6 Å². The zero-order valence-corrected chi connectivity index (χ0v) is 13.1. The van der Waals surface area contributed by atoms with Crippen LogP contribution < -0.4 is 9.47 Å². The summed E-state index contributed by atoms with van der Waals surface area (Å²) in [5.74, 6) is 1.76. The van der Waals surface area contributed by atoms with Gasteiger partial charge in [-0.25, -0.2) is 0 Å². The minimum absolute atomic E-state index is 0.0914. The predicted molar refractivity (Wildman–Crippen MR) is 80.9 cm³/mol. The van der Waals surface area contributed by atoms with E-state index in [1.54, 1.807) is 18.2 Å². The maximum absolute atomic E-state index is 12.5. The fourth-order valence-electron chi connectivity index (χ4n) is 3.43. The van der Waals surface area contributed by atoms with Crippen LogP contribution in [-0.2, 0) is 4.79 Å². The number of halogens is 2. The Morgan fingerprint density at radius 3 is 2.74 bits per heavy atom. The number of hydrogen-bond acceptors (Lipinski definition) is 4. The summed E-state index contributed by atoms with van der Waals surface area (Å²) in [4.78, 5) is 13.5. The molecule has 23 heavy (non-hydrogen) atoms. The van der Waals surface area contributed by atoms with Crippen molar-refractivity contribution >= 4 is 5.78 Å². The number of benzene rings is 1. The lowest BCUT2D eigenvalue weighted by atomic mass is 9.84. The van der Waals surface area contributed by atoms with Crippen LogP contribution in [0.1, 0.15) is 25.7 Å². The van der Waals surface area contributed by atoms with Crippen LogP contribution in [0.4, 0.5) is 8.78 Å². The van der Waals surface area contributed by atoms with Gasteiger partial charge in [-0.15, -0.1) is 0 Å². The Labute approximate surface area is 134 Å². The third-order valence-corrected chi connectivity index (χ3v) is 4.70. The minimum Gasteiger partial charge on any atom is -0.479 e. The molecule has 2 unspecified atom stereocenters. The molecule has 1 saturated heterocycles. The Morgan fingerprint density at radius 1 is 1.22 bits per heavy atom. The molecule has 0 aromatic heterocycles. The molecule has 1 aromatic rings. The molecule has 2 heterocycles. The van der Waals surface area contributed by atoms with Gasteiger partial charge in [0.25, 0.3) is 0 Å². The van der Waals surface area contributed by atoms with E-state index in [2.05, 4.69) is 16.7 Å². The molecule has 2 aliphatic heterocycles. The van der Waals surface area contributed by atoms with Crippen LogP contribution in [0.25, 0.3) is 0 Å². The molecule has 4 nitrogen and oxygen atoms in total. The normalized spacial score (nSPS) is 28.6. The van der Waals surface area contributed by atoms with E-state index >= 15 is 0 Å². The van der Waals surface area contributed by atoms with Gasteiger partial charge >= 0.3 is 6.11 Å². The summed E-state index contributed by atoms with van der Waals surface area (Å²) in [6, 6.07) is 6.94. The number of fused-ring (bicyclic) bond motifs is 2. The molecule has 0 N–H and O–H groups in total. The van der Waals surface area contributed by atoms with Crippen molar-refractivity contribution in [1.29, 1.82) is 0 Å². The van der Waals surface area contributed by atoms with Crippen molar-refractivity contribution in [2.45, 2.75) is 37.8 Å². The highest BCUT2D eigenvalue weighted by Gasteiger charge is 2.38. The van der Waals surface area contributed by atoms with Gasteiger partial charge in [0.1, 0.15) is 5.78 Å². The van der Waals surface area contributed by atoms with Gasteiger partial charge in [-0.1, -0.05) is 12.1 Å². The number of hydrogen-bond donors (Lipinski definition) is 0. The van der Waals surface area contributed by atoms with Crippen molar-refractivity contribution < 1.29 is 23.0 Å². The number of nitrogens with zero attached hydrogens (tertiary/aromatic N) is 1. The molecular formula is C17H21F2NO3. The van der Waals surface area contributed by atoms with Crippen molar-refractivity contribution in [1.82, 2.24) is 4.90 Å². The molecule has 0 radical (unpaired) electrons. The van der Waals surface area contributed by atoms with Gasteiger partial charge in [0.15, 0.2) is 18.1 Å². The van der Waals surface area contributed by atoms with Crippen molar-refractivity contribution in [2.75, 3.05) is 20.2 Å². The first-order valence-electron chi connectivity index (χ1n) is 7.95. The van der Waals surface area contributed by atoms with E-state index in [-0.39, 0.29) is 5.75 Å². The molecule has 126 valence electrons. The molecular weight excluding hydrogens is 304 g/mol. The molecule has 2 fully saturated rings. The lowest BCUT2D eigenvalue weighted by molar-refractivity contribution is -0.208. The van der Waals surface area contributed by atoms with Gasteiger partial charge in [0.2, 0.25) is 0 Å². The molecule has 0 bridgehead atoms. The van der Waals surface area contributed by atoms with Crippen LogP contribution in [-0.4, -0.2) is 43.0 Å². The smallest absolute Gasteiger partial charge is 0.433 e. The number of para-hydroxylation sites is 2. The molecule has 1 saturated carbocycles. The number of rotatable bonds is 0. The van der Waals surface area contributed by atoms with Gasteiger partial charge in [0.05, 0.1) is 0 Å². The Hall–Kier alpha value is -1.69. The molecule has 6 heteroatoms. The SMILES string of the molecule is CN1CCC2CCC(=O)CC21.FC1(F)COc2ccccc2O1. The second-order valence-corrected chi connectivity index (χ2v) is 6.35. The van der Waals surface area contributed by atoms with Gasteiger partial charge < -0.3 is 14.4 Å². The number of Topliss-reactive ketones (excluding diaryl/α,β-unsaturated/α-hetero) is 1. The third kappa shape index (κ3) is 3.80. The summed E-state index contributed by atoms with van der Waals surface area (Å²) in [6.45, 7) is 0.479. The fourth-order valence-corrected chi connectivity index (χ4v) is 3.43. The summed E-state index contributed by atoms with van der Waals surface area (Å²) >= 11 is 0. The van der Waals surface area contributed by atoms with E-state index < -0.39 is 12.7 Å². The van der Waals surface area contributed by atoms with Crippen LogP contribution in [0.3, 0.4) is 0 Å². The summed E-state index contributed by atoms with van der Waals surface area (Å²) in [7, 11) is 2.14. The average Bonchev–Trinajstić information content (AvgIpc) is 2.88. The summed E-state index contributed by atoms with van der Waals surface area (Å²) in [6.07, 6.45) is 0.923.